The molecular weight excluding hydrogens is 357 g/mol. The number of carbonyl (C=O) groups excluding carboxylic acids is 1. The maximum absolute atomic E-state index is 14.6. The highest BCUT2D eigenvalue weighted by Crippen LogP contribution is 2.26. The van der Waals surface area contributed by atoms with Crippen LogP contribution in [-0.4, -0.2) is 31.7 Å². The highest BCUT2D eigenvalue weighted by atomic mass is 32.1. The fraction of sp³-hybridized carbons (Fsp3) is 0.294. The molecule has 0 fully saturated rings. The minimum atomic E-state index is -2.07. The van der Waals surface area contributed by atoms with E-state index in [0.29, 0.717) is 17.9 Å². The molecule has 1 aromatic carbocycles. The fourth-order valence-corrected chi connectivity index (χ4v) is 2.90. The van der Waals surface area contributed by atoms with Crippen molar-refractivity contribution < 1.29 is 13.9 Å². The molecule has 1 N–H and O–H groups in total. The quantitative estimate of drug-likeness (QED) is 0.527. The Bertz CT molecular complexity index is 986. The van der Waals surface area contributed by atoms with Gasteiger partial charge in [0, 0.05) is 13.6 Å². The van der Waals surface area contributed by atoms with Crippen LogP contribution in [0.3, 0.4) is 0 Å². The fourth-order valence-electron chi connectivity index (χ4n) is 2.63. The van der Waals surface area contributed by atoms with Crippen molar-refractivity contribution in [2.75, 3.05) is 11.9 Å². The number of halogens is 1. The molecule has 3 rings (SSSR count). The van der Waals surface area contributed by atoms with E-state index in [1.165, 1.54) is 6.33 Å². The number of ether oxygens (including phenoxy) is 1. The number of esters is 1. The third-order valence-corrected chi connectivity index (χ3v) is 4.34. The van der Waals surface area contributed by atoms with E-state index in [9.17, 15) is 9.18 Å². The van der Waals surface area contributed by atoms with Crippen LogP contribution >= 0.6 is 12.2 Å². The topological polar surface area (TPSA) is 74.0 Å². The van der Waals surface area contributed by atoms with Crippen LogP contribution in [0.1, 0.15) is 18.8 Å². The highest BCUT2D eigenvalue weighted by Gasteiger charge is 2.27. The molecule has 0 aliphatic heterocycles. The van der Waals surface area contributed by atoms with E-state index in [2.05, 4.69) is 15.3 Å². The maximum atomic E-state index is 14.6. The SMILES string of the molecule is CCOC(=O)C(F)n1c(=S)n(C)c2c(NCc3ccccc3)ncnc21. The van der Waals surface area contributed by atoms with Gasteiger partial charge in [-0.15, -0.1) is 0 Å². The number of imidazole rings is 1. The number of rotatable bonds is 6. The molecule has 0 bridgehead atoms. The molecule has 0 saturated carbocycles. The van der Waals surface area contributed by atoms with Crippen molar-refractivity contribution in [1.29, 1.82) is 0 Å². The van der Waals surface area contributed by atoms with Gasteiger partial charge in [0.1, 0.15) is 11.8 Å². The van der Waals surface area contributed by atoms with Crippen LogP contribution in [0, 0.1) is 4.77 Å². The van der Waals surface area contributed by atoms with Gasteiger partial charge in [-0.2, -0.15) is 0 Å². The lowest BCUT2D eigenvalue weighted by atomic mass is 10.2. The van der Waals surface area contributed by atoms with Gasteiger partial charge in [0.2, 0.25) is 0 Å². The van der Waals surface area contributed by atoms with Crippen LogP contribution in [-0.2, 0) is 23.1 Å². The first-order valence-electron chi connectivity index (χ1n) is 8.05. The summed E-state index contributed by atoms with van der Waals surface area (Å²) in [7, 11) is 1.68. The lowest BCUT2D eigenvalue weighted by Gasteiger charge is -2.10. The Labute approximate surface area is 154 Å². The van der Waals surface area contributed by atoms with Gasteiger partial charge >= 0.3 is 5.97 Å². The van der Waals surface area contributed by atoms with E-state index >= 15 is 0 Å². The third kappa shape index (κ3) is 3.30. The zero-order valence-corrected chi connectivity index (χ0v) is 15.2. The van der Waals surface area contributed by atoms with Crippen molar-refractivity contribution in [2.24, 2.45) is 7.05 Å². The summed E-state index contributed by atoms with van der Waals surface area (Å²) in [4.78, 5) is 20.2. The Morgan fingerprint density at radius 3 is 2.77 bits per heavy atom. The summed E-state index contributed by atoms with van der Waals surface area (Å²) in [6.45, 7) is 2.22. The molecular formula is C17H18FN5O2S. The molecule has 7 nitrogen and oxygen atoms in total. The van der Waals surface area contributed by atoms with Gasteiger partial charge in [0.15, 0.2) is 16.2 Å². The van der Waals surface area contributed by atoms with Crippen molar-refractivity contribution in [2.45, 2.75) is 19.8 Å². The number of alkyl halides is 1. The number of nitrogens with one attached hydrogen (secondary N) is 1. The van der Waals surface area contributed by atoms with Crippen molar-refractivity contribution in [3.63, 3.8) is 0 Å². The lowest BCUT2D eigenvalue weighted by molar-refractivity contribution is -0.152. The predicted octanol–water partition coefficient (Wildman–Crippen LogP) is 3.14. The molecule has 0 radical (unpaired) electrons. The second-order valence-corrected chi connectivity index (χ2v) is 5.90. The van der Waals surface area contributed by atoms with Gasteiger partial charge in [-0.1, -0.05) is 30.3 Å². The predicted molar refractivity (Wildman–Crippen MR) is 97.9 cm³/mol. The molecule has 2 aromatic heterocycles. The zero-order chi connectivity index (χ0) is 18.7. The molecule has 2 heterocycles. The summed E-state index contributed by atoms with van der Waals surface area (Å²) < 4.78 is 22.1. The van der Waals surface area contributed by atoms with E-state index in [1.807, 2.05) is 30.3 Å². The summed E-state index contributed by atoms with van der Waals surface area (Å²) >= 11 is 5.29. The Kier molecular flexibility index (Phi) is 5.27. The normalized spacial score (nSPS) is 12.1. The maximum Gasteiger partial charge on any atom is 0.362 e. The summed E-state index contributed by atoms with van der Waals surface area (Å²) in [5, 5.41) is 3.21. The first-order valence-corrected chi connectivity index (χ1v) is 8.45. The van der Waals surface area contributed by atoms with Gasteiger partial charge in [-0.3, -0.25) is 4.57 Å². The zero-order valence-electron chi connectivity index (χ0n) is 14.3. The second kappa shape index (κ2) is 7.61. The van der Waals surface area contributed by atoms with Crippen LogP contribution < -0.4 is 5.32 Å². The van der Waals surface area contributed by atoms with Crippen LogP contribution in [0.2, 0.25) is 0 Å². The number of benzene rings is 1. The average Bonchev–Trinajstić information content (AvgIpc) is 2.92. The molecule has 1 atom stereocenters. The van der Waals surface area contributed by atoms with Gasteiger partial charge in [-0.25, -0.2) is 19.2 Å². The minimum Gasteiger partial charge on any atom is -0.462 e. The molecule has 136 valence electrons. The number of nitrogens with zero attached hydrogens (tertiary/aromatic N) is 4. The molecule has 3 aromatic rings. The van der Waals surface area contributed by atoms with E-state index < -0.39 is 12.3 Å². The first-order chi connectivity index (χ1) is 12.5. The lowest BCUT2D eigenvalue weighted by Crippen LogP contribution is -2.18. The first kappa shape index (κ1) is 18.0. The molecule has 0 aliphatic rings. The van der Waals surface area contributed by atoms with Crippen molar-refractivity contribution in [3.05, 3.63) is 47.0 Å². The van der Waals surface area contributed by atoms with E-state index in [4.69, 9.17) is 17.0 Å². The minimum absolute atomic E-state index is 0.0796. The molecule has 0 spiro atoms. The largest absolute Gasteiger partial charge is 0.462 e. The number of hydrogen-bond acceptors (Lipinski definition) is 6. The number of aromatic nitrogens is 4. The Hall–Kier alpha value is -2.81. The van der Waals surface area contributed by atoms with Crippen LogP contribution in [0.15, 0.2) is 36.7 Å². The molecule has 1 unspecified atom stereocenters. The number of aryl methyl sites for hydroxylation is 1. The summed E-state index contributed by atoms with van der Waals surface area (Å²) in [6.07, 6.45) is -0.762. The monoisotopic (exact) mass is 375 g/mol. The molecule has 26 heavy (non-hydrogen) atoms. The smallest absolute Gasteiger partial charge is 0.362 e. The van der Waals surface area contributed by atoms with Gasteiger partial charge in [0.05, 0.1) is 6.61 Å². The number of carbonyl (C=O) groups is 1. The third-order valence-electron chi connectivity index (χ3n) is 3.87. The highest BCUT2D eigenvalue weighted by molar-refractivity contribution is 7.71. The molecule has 9 heteroatoms. The van der Waals surface area contributed by atoms with Crippen LogP contribution in [0.25, 0.3) is 11.2 Å². The summed E-state index contributed by atoms with van der Waals surface area (Å²) in [6, 6.07) is 9.78. The van der Waals surface area contributed by atoms with Crippen LogP contribution in [0.5, 0.6) is 0 Å². The Morgan fingerprint density at radius 2 is 2.08 bits per heavy atom. The molecule has 0 amide bonds. The molecule has 0 saturated heterocycles. The van der Waals surface area contributed by atoms with E-state index in [0.717, 1.165) is 10.1 Å². The van der Waals surface area contributed by atoms with Gasteiger partial charge in [-0.05, 0) is 24.7 Å². The summed E-state index contributed by atoms with van der Waals surface area (Å²) in [5.41, 5.74) is 1.80. The van der Waals surface area contributed by atoms with Crippen LogP contribution in [0.4, 0.5) is 10.2 Å². The standard InChI is InChI=1S/C17H18FN5O2S/c1-3-25-16(24)13(18)23-15-12(22(2)17(23)26)14(20-10-21-15)19-9-11-7-5-4-6-8-11/h4-8,10,13H,3,9H2,1-2H3,(H,19,20,21). The number of anilines is 1. The van der Waals surface area contributed by atoms with E-state index in [-0.39, 0.29) is 17.0 Å². The van der Waals surface area contributed by atoms with Gasteiger partial charge in [0.25, 0.3) is 6.30 Å². The van der Waals surface area contributed by atoms with Crippen molar-refractivity contribution in [1.82, 2.24) is 19.1 Å². The Balaban J connectivity index is 2.01. The van der Waals surface area contributed by atoms with Crippen molar-refractivity contribution in [3.8, 4) is 0 Å². The average molecular weight is 375 g/mol. The molecule has 0 aliphatic carbocycles. The summed E-state index contributed by atoms with van der Waals surface area (Å²) in [5.74, 6) is -0.504. The van der Waals surface area contributed by atoms with Crippen molar-refractivity contribution >= 4 is 35.2 Å². The van der Waals surface area contributed by atoms with E-state index in [1.54, 1.807) is 18.5 Å². The van der Waals surface area contributed by atoms with Gasteiger partial charge < -0.3 is 14.6 Å². The number of fused-ring (bicyclic) bond motifs is 1. The second-order valence-electron chi connectivity index (χ2n) is 5.53. The number of hydrogen-bond donors (Lipinski definition) is 1. The Morgan fingerprint density at radius 1 is 1.35 bits per heavy atom.